The Morgan fingerprint density at radius 3 is 3.00 bits per heavy atom. The van der Waals surface area contributed by atoms with Crippen LogP contribution in [0.5, 0.6) is 5.75 Å². The van der Waals surface area contributed by atoms with Crippen LogP contribution in [-0.2, 0) is 6.42 Å². The van der Waals surface area contributed by atoms with Crippen LogP contribution in [0.1, 0.15) is 24.5 Å². The first kappa shape index (κ1) is 8.89. The van der Waals surface area contributed by atoms with E-state index in [0.29, 0.717) is 6.10 Å². The summed E-state index contributed by atoms with van der Waals surface area (Å²) < 4.78 is 5.68. The molecule has 1 heterocycles. The number of ether oxygens (including phenoxy) is 1. The molecule has 1 aromatic rings. The largest absolute Gasteiger partial charge is 0.490 e. The van der Waals surface area contributed by atoms with Crippen LogP contribution in [0, 0.1) is 6.92 Å². The summed E-state index contributed by atoms with van der Waals surface area (Å²) in [5.74, 6) is 0.967. The maximum absolute atomic E-state index is 6.01. The first-order valence-electron chi connectivity index (χ1n) is 4.62. The molecule has 0 fully saturated rings. The Kier molecular flexibility index (Phi) is 2.20. The molecule has 0 amide bonds. The van der Waals surface area contributed by atoms with Crippen molar-refractivity contribution in [2.24, 2.45) is 0 Å². The van der Waals surface area contributed by atoms with Gasteiger partial charge in [0.2, 0.25) is 0 Å². The summed E-state index contributed by atoms with van der Waals surface area (Å²) in [7, 11) is 0. The lowest BCUT2D eigenvalue weighted by atomic mass is 10.0. The van der Waals surface area contributed by atoms with Crippen molar-refractivity contribution in [3.05, 3.63) is 28.3 Å². The molecule has 0 aliphatic carbocycles. The molecule has 1 aliphatic rings. The van der Waals surface area contributed by atoms with E-state index in [2.05, 4.69) is 13.0 Å². The molecular weight excluding hydrogens is 184 g/mol. The Bertz CT molecular complexity index is 333. The average Bonchev–Trinajstić information content (AvgIpc) is 2.08. The third kappa shape index (κ3) is 1.66. The number of halogens is 1. The number of hydrogen-bond donors (Lipinski definition) is 0. The Morgan fingerprint density at radius 2 is 2.23 bits per heavy atom. The van der Waals surface area contributed by atoms with E-state index in [4.69, 9.17) is 16.3 Å². The second-order valence-electron chi connectivity index (χ2n) is 3.68. The van der Waals surface area contributed by atoms with Gasteiger partial charge in [0.05, 0.1) is 6.10 Å². The van der Waals surface area contributed by atoms with Gasteiger partial charge in [-0.15, -0.1) is 0 Å². The second-order valence-corrected chi connectivity index (χ2v) is 4.08. The lowest BCUT2D eigenvalue weighted by molar-refractivity contribution is 0.192. The van der Waals surface area contributed by atoms with Gasteiger partial charge in [-0.3, -0.25) is 0 Å². The van der Waals surface area contributed by atoms with E-state index in [1.165, 1.54) is 5.56 Å². The summed E-state index contributed by atoms with van der Waals surface area (Å²) >= 11 is 6.01. The van der Waals surface area contributed by atoms with Gasteiger partial charge in [0.15, 0.2) is 0 Å². The molecule has 0 saturated heterocycles. The Hall–Kier alpha value is -0.690. The number of rotatable bonds is 0. The normalized spacial score (nSPS) is 20.7. The third-order valence-corrected chi connectivity index (χ3v) is 2.90. The van der Waals surface area contributed by atoms with Crippen LogP contribution in [-0.4, -0.2) is 6.10 Å². The predicted octanol–water partition coefficient (Wildman–Crippen LogP) is 3.36. The third-order valence-electron chi connectivity index (χ3n) is 2.49. The molecule has 0 aromatic heterocycles. The molecule has 70 valence electrons. The summed E-state index contributed by atoms with van der Waals surface area (Å²) in [5, 5.41) is 0.799. The lowest BCUT2D eigenvalue weighted by Crippen LogP contribution is -2.18. The minimum atomic E-state index is 0.325. The highest BCUT2D eigenvalue weighted by Gasteiger charge is 2.16. The molecule has 0 N–H and O–H groups in total. The van der Waals surface area contributed by atoms with Crippen LogP contribution < -0.4 is 4.74 Å². The predicted molar refractivity (Wildman–Crippen MR) is 54.6 cm³/mol. The highest BCUT2D eigenvalue weighted by atomic mass is 35.5. The van der Waals surface area contributed by atoms with Crippen molar-refractivity contribution in [3.8, 4) is 5.75 Å². The van der Waals surface area contributed by atoms with Crippen LogP contribution in [0.4, 0.5) is 0 Å². The zero-order chi connectivity index (χ0) is 9.42. The maximum atomic E-state index is 6.01. The van der Waals surface area contributed by atoms with Crippen LogP contribution >= 0.6 is 11.6 Å². The van der Waals surface area contributed by atoms with Crippen molar-refractivity contribution < 1.29 is 4.74 Å². The van der Waals surface area contributed by atoms with Gasteiger partial charge in [0.25, 0.3) is 0 Å². The van der Waals surface area contributed by atoms with Gasteiger partial charge < -0.3 is 4.74 Å². The average molecular weight is 197 g/mol. The molecule has 1 nitrogen and oxygen atoms in total. The molecule has 1 aliphatic heterocycles. The highest BCUT2D eigenvalue weighted by molar-refractivity contribution is 6.31. The van der Waals surface area contributed by atoms with Gasteiger partial charge in [-0.25, -0.2) is 0 Å². The van der Waals surface area contributed by atoms with Gasteiger partial charge >= 0.3 is 0 Å². The van der Waals surface area contributed by atoms with Crippen molar-refractivity contribution in [1.29, 1.82) is 0 Å². The number of benzene rings is 1. The van der Waals surface area contributed by atoms with E-state index in [-0.39, 0.29) is 0 Å². The minimum Gasteiger partial charge on any atom is -0.490 e. The SMILES string of the molecule is Cc1cc2c(cc1Cl)OC(C)CC2. The molecule has 1 atom stereocenters. The summed E-state index contributed by atoms with van der Waals surface area (Å²) in [6.07, 6.45) is 2.54. The number of fused-ring (bicyclic) bond motifs is 1. The minimum absolute atomic E-state index is 0.325. The van der Waals surface area contributed by atoms with Crippen molar-refractivity contribution in [1.82, 2.24) is 0 Å². The van der Waals surface area contributed by atoms with Crippen molar-refractivity contribution >= 4 is 11.6 Å². The molecule has 1 unspecified atom stereocenters. The van der Waals surface area contributed by atoms with E-state index in [1.807, 2.05) is 13.0 Å². The highest BCUT2D eigenvalue weighted by Crippen LogP contribution is 2.32. The van der Waals surface area contributed by atoms with Gasteiger partial charge in [-0.05, 0) is 43.9 Å². The quantitative estimate of drug-likeness (QED) is 0.618. The summed E-state index contributed by atoms with van der Waals surface area (Å²) in [6, 6.07) is 4.06. The molecule has 2 rings (SSSR count). The van der Waals surface area contributed by atoms with Gasteiger partial charge in [-0.1, -0.05) is 17.7 Å². The summed E-state index contributed by atoms with van der Waals surface area (Å²) in [5.41, 5.74) is 2.43. The van der Waals surface area contributed by atoms with E-state index >= 15 is 0 Å². The van der Waals surface area contributed by atoms with Gasteiger partial charge in [0.1, 0.15) is 5.75 Å². The first-order chi connectivity index (χ1) is 6.16. The van der Waals surface area contributed by atoms with Crippen LogP contribution in [0.25, 0.3) is 0 Å². The number of hydrogen-bond acceptors (Lipinski definition) is 1. The van der Waals surface area contributed by atoms with Gasteiger partial charge in [0, 0.05) is 5.02 Å². The lowest BCUT2D eigenvalue weighted by Gasteiger charge is -2.23. The van der Waals surface area contributed by atoms with E-state index in [9.17, 15) is 0 Å². The second kappa shape index (κ2) is 3.22. The van der Waals surface area contributed by atoms with Crippen LogP contribution in [0.15, 0.2) is 12.1 Å². The fraction of sp³-hybridized carbons (Fsp3) is 0.455. The van der Waals surface area contributed by atoms with E-state index < -0.39 is 0 Å². The monoisotopic (exact) mass is 196 g/mol. The van der Waals surface area contributed by atoms with Crippen molar-refractivity contribution in [2.75, 3.05) is 0 Å². The fourth-order valence-corrected chi connectivity index (χ4v) is 1.82. The molecule has 0 saturated carbocycles. The summed E-state index contributed by atoms with van der Waals surface area (Å²) in [6.45, 7) is 4.12. The first-order valence-corrected chi connectivity index (χ1v) is 5.00. The molecule has 0 radical (unpaired) electrons. The van der Waals surface area contributed by atoms with Gasteiger partial charge in [-0.2, -0.15) is 0 Å². The Balaban J connectivity index is 2.43. The Labute approximate surface area is 83.7 Å². The molecular formula is C11H13ClO. The topological polar surface area (TPSA) is 9.23 Å². The molecule has 0 bridgehead atoms. The van der Waals surface area contributed by atoms with E-state index in [0.717, 1.165) is 29.2 Å². The molecule has 2 heteroatoms. The summed E-state index contributed by atoms with van der Waals surface area (Å²) in [4.78, 5) is 0. The zero-order valence-electron chi connectivity index (χ0n) is 7.93. The zero-order valence-corrected chi connectivity index (χ0v) is 8.69. The van der Waals surface area contributed by atoms with Crippen molar-refractivity contribution in [3.63, 3.8) is 0 Å². The standard InChI is InChI=1S/C11H13ClO/c1-7-5-9-4-3-8(2)13-11(9)6-10(7)12/h5-6,8H,3-4H2,1-2H3. The Morgan fingerprint density at radius 1 is 1.46 bits per heavy atom. The number of aryl methyl sites for hydroxylation is 2. The smallest absolute Gasteiger partial charge is 0.124 e. The molecule has 13 heavy (non-hydrogen) atoms. The van der Waals surface area contributed by atoms with Crippen molar-refractivity contribution in [2.45, 2.75) is 32.8 Å². The van der Waals surface area contributed by atoms with E-state index in [1.54, 1.807) is 0 Å². The van der Waals surface area contributed by atoms with Crippen LogP contribution in [0.3, 0.4) is 0 Å². The van der Waals surface area contributed by atoms with Crippen LogP contribution in [0.2, 0.25) is 5.02 Å². The maximum Gasteiger partial charge on any atom is 0.124 e. The molecule has 1 aromatic carbocycles. The molecule has 0 spiro atoms. The fourth-order valence-electron chi connectivity index (χ4n) is 1.66.